The topological polar surface area (TPSA) is 142 Å². The van der Waals surface area contributed by atoms with Crippen LogP contribution in [0.25, 0.3) is 0 Å². The molecule has 0 radical (unpaired) electrons. The number of ketones is 4. The Morgan fingerprint density at radius 3 is 0.472 bits per heavy atom. The van der Waals surface area contributed by atoms with Gasteiger partial charge in [0, 0.05) is 95.9 Å². The van der Waals surface area contributed by atoms with E-state index in [1.807, 2.05) is 72.8 Å². The van der Waals surface area contributed by atoms with Crippen molar-refractivity contribution in [2.75, 3.05) is 52.9 Å². The van der Waals surface area contributed by atoms with Crippen molar-refractivity contribution in [3.8, 4) is 46.0 Å². The summed E-state index contributed by atoms with van der Waals surface area (Å²) in [4.78, 5) is 63.9. The number of carbonyl (C=O) groups is 4. The van der Waals surface area contributed by atoms with Gasteiger partial charge in [-0.3, -0.25) is 19.2 Å². The highest BCUT2D eigenvalue weighted by atomic mass is 16.5. The molecule has 0 aliphatic heterocycles. The number of rotatable bonds is 24. The van der Waals surface area contributed by atoms with E-state index in [9.17, 15) is 0 Å². The minimum atomic E-state index is -0.257. The Morgan fingerprint density at radius 1 is 0.185 bits per heavy atom. The Hall–Kier alpha value is -10.7. The predicted molar refractivity (Wildman–Crippen MR) is 427 cm³/mol. The molecule has 108 heavy (non-hydrogen) atoms. The summed E-state index contributed by atoms with van der Waals surface area (Å²) >= 11 is 0. The fourth-order valence-electron chi connectivity index (χ4n) is 15.3. The van der Waals surface area contributed by atoms with E-state index in [0.717, 1.165) is 140 Å². The summed E-state index contributed by atoms with van der Waals surface area (Å²) in [6, 6.07) is 54.8. The first-order valence-corrected chi connectivity index (χ1v) is 39.3. The van der Waals surface area contributed by atoms with Crippen LogP contribution in [0.2, 0.25) is 0 Å². The Kier molecular flexibility index (Phi) is 24.7. The van der Waals surface area contributed by atoms with E-state index in [0.29, 0.717) is 195 Å². The van der Waals surface area contributed by atoms with Crippen LogP contribution >= 0.6 is 0 Å². The minimum absolute atomic E-state index is 0.257. The maximum absolute atomic E-state index is 16.0. The molecular formula is C96H100O12. The van der Waals surface area contributed by atoms with Crippen molar-refractivity contribution in [3.63, 3.8) is 0 Å². The molecule has 10 aromatic carbocycles. The van der Waals surface area contributed by atoms with Gasteiger partial charge >= 0.3 is 0 Å². The highest BCUT2D eigenvalue weighted by Gasteiger charge is 2.30. The van der Waals surface area contributed by atoms with Crippen LogP contribution in [-0.4, -0.2) is 76.0 Å². The molecule has 0 amide bonds. The lowest BCUT2D eigenvalue weighted by atomic mass is 9.87. The number of hydrogen-bond acceptors (Lipinski definition) is 12. The van der Waals surface area contributed by atoms with Crippen molar-refractivity contribution in [3.05, 3.63) is 303 Å². The number of para-hydroxylation sites is 4. The smallest absolute Gasteiger partial charge is 0.193 e. The third-order valence-electron chi connectivity index (χ3n) is 20.2. The average molecular weight is 1450 g/mol. The highest BCUT2D eigenvalue weighted by Crippen LogP contribution is 2.45. The largest absolute Gasteiger partial charge is 0.493 e. The summed E-state index contributed by atoms with van der Waals surface area (Å²) in [6.45, 7) is 20.1. The van der Waals surface area contributed by atoms with Gasteiger partial charge in [-0.25, -0.2) is 0 Å². The fraction of sp³-hybridized carbons (Fsp3) is 0.333. The van der Waals surface area contributed by atoms with Gasteiger partial charge in [-0.15, -0.1) is 0 Å². The van der Waals surface area contributed by atoms with Crippen molar-refractivity contribution in [1.82, 2.24) is 0 Å². The van der Waals surface area contributed by atoms with Gasteiger partial charge in [-0.1, -0.05) is 165 Å². The van der Waals surface area contributed by atoms with Gasteiger partial charge in [0.25, 0.3) is 0 Å². The normalized spacial score (nSPS) is 13.2. The minimum Gasteiger partial charge on any atom is -0.493 e. The zero-order valence-electron chi connectivity index (χ0n) is 64.0. The number of benzene rings is 10. The third-order valence-corrected chi connectivity index (χ3v) is 20.2. The molecule has 4 aliphatic carbocycles. The summed E-state index contributed by atoms with van der Waals surface area (Å²) < 4.78 is 55.6. The molecule has 0 atom stereocenters. The first-order valence-electron chi connectivity index (χ1n) is 39.3. The first kappa shape index (κ1) is 75.5. The fourth-order valence-corrected chi connectivity index (χ4v) is 15.3. The molecule has 0 saturated carbocycles. The molecule has 12 heteroatoms. The van der Waals surface area contributed by atoms with Crippen molar-refractivity contribution < 1.29 is 57.1 Å². The van der Waals surface area contributed by atoms with Gasteiger partial charge in [-0.2, -0.15) is 0 Å². The van der Waals surface area contributed by atoms with Crippen molar-refractivity contribution in [2.45, 2.75) is 158 Å². The molecule has 14 rings (SSSR count). The van der Waals surface area contributed by atoms with E-state index in [4.69, 9.17) is 37.9 Å². The van der Waals surface area contributed by atoms with Crippen LogP contribution in [0.5, 0.6) is 46.0 Å². The molecule has 0 spiro atoms. The SMILES string of the molecule is CCCOc1c2cccc1Cc1cc3cc(c1OCCC)Cc1cccc(c1OCCC)Cc1cc(cc(c1OCCC)C2)C(=O)c1cccc(c1)C(=O)c1cc2c(OCCC)c(c1)Cc1cccc(c1OCCC)Cc1cc(cc(c1OCCC)Cc1cccc(c1OCCC)C2)C(=O)c1cccc(c1)C3=O. The van der Waals surface area contributed by atoms with Crippen LogP contribution in [0.4, 0.5) is 0 Å². The molecule has 0 fully saturated rings. The summed E-state index contributed by atoms with van der Waals surface area (Å²) in [5.41, 5.74) is 16.6. The maximum atomic E-state index is 16.0. The van der Waals surface area contributed by atoms with E-state index < -0.39 is 0 Å². The molecule has 0 saturated heterocycles. The molecule has 12 nitrogen and oxygen atoms in total. The van der Waals surface area contributed by atoms with E-state index in [2.05, 4.69) is 104 Å². The highest BCUT2D eigenvalue weighted by molar-refractivity contribution is 6.15. The monoisotopic (exact) mass is 1440 g/mol. The van der Waals surface area contributed by atoms with Crippen LogP contribution in [-0.2, 0) is 51.4 Å². The van der Waals surface area contributed by atoms with Gasteiger partial charge in [0.05, 0.1) is 52.9 Å². The zero-order chi connectivity index (χ0) is 75.2. The number of ether oxygens (including phenoxy) is 8. The average Bonchev–Trinajstić information content (AvgIpc) is 0.767. The van der Waals surface area contributed by atoms with Crippen LogP contribution in [0, 0.1) is 0 Å². The Balaban J connectivity index is 1.11. The zero-order valence-corrected chi connectivity index (χ0v) is 64.0. The maximum Gasteiger partial charge on any atom is 0.193 e. The molecule has 556 valence electrons. The molecule has 0 unspecified atom stereocenters. The Bertz CT molecular complexity index is 4190. The first-order chi connectivity index (χ1) is 52.8. The van der Waals surface area contributed by atoms with Gasteiger partial charge < -0.3 is 37.9 Å². The quantitative estimate of drug-likeness (QED) is 0.0568. The predicted octanol–water partition coefficient (Wildman–Crippen LogP) is 20.6. The van der Waals surface area contributed by atoms with Gasteiger partial charge in [-0.05, 0) is 201 Å². The van der Waals surface area contributed by atoms with Crippen LogP contribution < -0.4 is 37.9 Å². The van der Waals surface area contributed by atoms with E-state index >= 15 is 19.2 Å². The Morgan fingerprint density at radius 2 is 0.324 bits per heavy atom. The third kappa shape index (κ3) is 16.7. The van der Waals surface area contributed by atoms with Gasteiger partial charge in [0.2, 0.25) is 0 Å². The van der Waals surface area contributed by atoms with E-state index in [1.165, 1.54) is 0 Å². The van der Waals surface area contributed by atoms with E-state index in [1.54, 1.807) is 48.5 Å². The molecular weight excluding hydrogens is 1350 g/mol. The molecule has 0 N–H and O–H groups in total. The van der Waals surface area contributed by atoms with Crippen molar-refractivity contribution >= 4 is 23.1 Å². The number of hydrogen-bond donors (Lipinski definition) is 0. The van der Waals surface area contributed by atoms with Crippen LogP contribution in [0.15, 0.2) is 170 Å². The second-order valence-electron chi connectivity index (χ2n) is 28.8. The summed E-state index contributed by atoms with van der Waals surface area (Å²) in [5, 5.41) is 0. The lowest BCUT2D eigenvalue weighted by Crippen LogP contribution is -2.13. The number of carbonyl (C=O) groups excluding carboxylic acids is 4. The lowest BCUT2D eigenvalue weighted by molar-refractivity contribution is 0.102. The lowest BCUT2D eigenvalue weighted by Gasteiger charge is -2.24. The molecule has 10 aromatic rings. The van der Waals surface area contributed by atoms with Crippen LogP contribution in [0.3, 0.4) is 0 Å². The molecule has 24 bridgehead atoms. The molecule has 0 heterocycles. The second-order valence-corrected chi connectivity index (χ2v) is 28.8. The summed E-state index contributed by atoms with van der Waals surface area (Å²) in [7, 11) is 0. The van der Waals surface area contributed by atoms with Gasteiger partial charge in [0.1, 0.15) is 46.0 Å². The van der Waals surface area contributed by atoms with Crippen molar-refractivity contribution in [1.29, 1.82) is 0 Å². The van der Waals surface area contributed by atoms with Gasteiger partial charge in [0.15, 0.2) is 23.1 Å². The van der Waals surface area contributed by atoms with E-state index in [-0.39, 0.29) is 23.1 Å². The molecule has 4 aliphatic rings. The summed E-state index contributed by atoms with van der Waals surface area (Å²) in [5.74, 6) is 4.49. The van der Waals surface area contributed by atoms with Crippen molar-refractivity contribution in [2.24, 2.45) is 0 Å². The Labute approximate surface area is 637 Å². The standard InChI is InChI=1S/C96H100O12/c1-9-35-101-89-65-27-19-28-66(89)46-78-54-74-56-80(94(78)106-40-14-6)48-68-30-20-29-67(90(68)102-36-10-2)47-79-55-73(53-77(45-65)93(79)105-39-13-5)85(97)61-23-17-25-63(43-61)87(99)75-57-81-49-69-31-21-32-70(91(69)103-37-11-3)50-82-58-76(88(100)64-26-18-24-62(44-64)86(74)98)60-84(96(82)108-42-16-8)52-72-34-22-33-71(92(72)104-38-12-4)51-83(59-75)95(81)107-41-15-7/h17-34,43-44,53-60H,9-16,35-42,45-52H2,1-8H3. The molecule has 0 aromatic heterocycles. The summed E-state index contributed by atoms with van der Waals surface area (Å²) in [6.07, 6.45) is 8.51. The second kappa shape index (κ2) is 35.3. The van der Waals surface area contributed by atoms with Crippen LogP contribution in [0.1, 0.15) is 259 Å².